The molecule has 0 fully saturated rings. The van der Waals surface area contributed by atoms with E-state index in [4.69, 9.17) is 4.74 Å². The van der Waals surface area contributed by atoms with Crippen LogP contribution in [0.3, 0.4) is 0 Å². The Bertz CT molecular complexity index is 1070. The van der Waals surface area contributed by atoms with Crippen LogP contribution in [0.1, 0.15) is 309 Å². The van der Waals surface area contributed by atoms with Crippen molar-refractivity contribution in [1.82, 2.24) is 5.32 Å². The average Bonchev–Trinajstić information content (AvgIpc) is 3.32. The minimum atomic E-state index is -0.676. The lowest BCUT2D eigenvalue weighted by Crippen LogP contribution is -2.45. The van der Waals surface area contributed by atoms with E-state index in [-0.39, 0.29) is 18.5 Å². The fourth-order valence-electron chi connectivity index (χ4n) is 8.90. The van der Waals surface area contributed by atoms with Crippen LogP contribution in [0.2, 0.25) is 0 Å². The number of ether oxygens (including phenoxy) is 1. The summed E-state index contributed by atoms with van der Waals surface area (Å²) in [6.07, 6.45) is 68.5. The number of carbonyl (C=O) groups is 2. The number of nitrogens with one attached hydrogen (secondary N) is 1. The maximum Gasteiger partial charge on any atom is 0.305 e. The summed E-state index contributed by atoms with van der Waals surface area (Å²) >= 11 is 0. The van der Waals surface area contributed by atoms with Gasteiger partial charge >= 0.3 is 5.97 Å². The summed E-state index contributed by atoms with van der Waals surface area (Å²) in [6, 6.07) is -0.555. The van der Waals surface area contributed by atoms with Crippen molar-refractivity contribution in [2.75, 3.05) is 13.2 Å². The minimum Gasteiger partial charge on any atom is -0.466 e. The molecule has 2 atom stereocenters. The molecule has 0 aromatic rings. The number of aliphatic hydroxyl groups is 2. The highest BCUT2D eigenvalue weighted by molar-refractivity contribution is 5.76. The first kappa shape index (κ1) is 64.1. The summed E-state index contributed by atoms with van der Waals surface area (Å²) in [5.74, 6) is -0.0742. The monoisotopic (exact) mass is 928 g/mol. The third kappa shape index (κ3) is 51.5. The quantitative estimate of drug-likeness (QED) is 0.0321. The van der Waals surface area contributed by atoms with Gasteiger partial charge < -0.3 is 20.3 Å². The number of hydrogen-bond donors (Lipinski definition) is 3. The molecule has 2 unspecified atom stereocenters. The Morgan fingerprint density at radius 2 is 0.758 bits per heavy atom. The van der Waals surface area contributed by atoms with E-state index in [0.717, 1.165) is 83.5 Å². The number of carbonyl (C=O) groups excluding carboxylic acids is 2. The van der Waals surface area contributed by atoms with Crippen molar-refractivity contribution in [3.8, 4) is 0 Å². The lowest BCUT2D eigenvalue weighted by atomic mass is 10.0. The Balaban J connectivity index is 3.51. The maximum absolute atomic E-state index is 12.5. The zero-order valence-electron chi connectivity index (χ0n) is 44.2. The molecule has 6 nitrogen and oxygen atoms in total. The second-order valence-corrected chi connectivity index (χ2v) is 20.0. The van der Waals surface area contributed by atoms with Crippen LogP contribution in [0, 0.1) is 0 Å². The lowest BCUT2D eigenvalue weighted by molar-refractivity contribution is -0.143. The van der Waals surface area contributed by atoms with E-state index in [0.29, 0.717) is 25.9 Å². The first-order chi connectivity index (χ1) is 32.5. The molecule has 388 valence electrons. The molecule has 0 aliphatic carbocycles. The van der Waals surface area contributed by atoms with Crippen molar-refractivity contribution in [3.05, 3.63) is 36.5 Å². The second-order valence-electron chi connectivity index (χ2n) is 20.0. The molecule has 0 saturated carbocycles. The summed E-state index contributed by atoms with van der Waals surface area (Å²) in [7, 11) is 0. The Morgan fingerprint density at radius 1 is 0.424 bits per heavy atom. The van der Waals surface area contributed by atoms with Crippen LogP contribution in [-0.2, 0) is 14.3 Å². The van der Waals surface area contributed by atoms with Gasteiger partial charge in [0.2, 0.25) is 5.91 Å². The molecule has 0 radical (unpaired) electrons. The Kier molecular flexibility index (Phi) is 54.1. The zero-order chi connectivity index (χ0) is 47.9. The van der Waals surface area contributed by atoms with Crippen LogP contribution in [0.4, 0.5) is 0 Å². The van der Waals surface area contributed by atoms with Gasteiger partial charge in [0.25, 0.3) is 0 Å². The molecule has 66 heavy (non-hydrogen) atoms. The molecule has 3 N–H and O–H groups in total. The van der Waals surface area contributed by atoms with Gasteiger partial charge in [-0.25, -0.2) is 0 Å². The number of hydrogen-bond acceptors (Lipinski definition) is 5. The molecule has 0 aromatic heterocycles. The van der Waals surface area contributed by atoms with Crippen molar-refractivity contribution in [3.63, 3.8) is 0 Å². The van der Waals surface area contributed by atoms with Gasteiger partial charge in [0, 0.05) is 12.8 Å². The molecule has 0 rings (SSSR count). The zero-order valence-corrected chi connectivity index (χ0v) is 44.2. The molecular weight excluding hydrogens is 815 g/mol. The van der Waals surface area contributed by atoms with Crippen molar-refractivity contribution in [2.45, 2.75) is 321 Å². The molecule has 1 amide bonds. The first-order valence-corrected chi connectivity index (χ1v) is 29.2. The topological polar surface area (TPSA) is 95.9 Å². The largest absolute Gasteiger partial charge is 0.466 e. The standard InChI is InChI=1S/C60H113NO5/c1-3-5-7-9-11-13-15-17-18-19-20-22-25-29-32-36-40-44-48-52-58(63)57(56-62)61-59(64)53-49-45-41-37-33-30-26-23-21-24-27-31-35-39-43-47-51-55-66-60(65)54-50-46-42-38-34-28-16-14-12-10-8-6-4-2/h14,16,21,24,31,35,57-58,62-63H,3-13,15,17-20,22-23,25-30,32-34,36-56H2,1-2H3,(H,61,64)/b16-14-,24-21-,35-31-. The van der Waals surface area contributed by atoms with Crippen molar-refractivity contribution in [1.29, 1.82) is 0 Å². The van der Waals surface area contributed by atoms with Crippen LogP contribution in [0.25, 0.3) is 0 Å². The van der Waals surface area contributed by atoms with E-state index in [1.807, 2.05) is 0 Å². The normalized spacial score (nSPS) is 12.8. The van der Waals surface area contributed by atoms with Crippen LogP contribution in [-0.4, -0.2) is 47.4 Å². The predicted octanol–water partition coefficient (Wildman–Crippen LogP) is 18.0. The number of esters is 1. The van der Waals surface area contributed by atoms with E-state index in [9.17, 15) is 19.8 Å². The number of amides is 1. The van der Waals surface area contributed by atoms with Crippen LogP contribution in [0.15, 0.2) is 36.5 Å². The van der Waals surface area contributed by atoms with Gasteiger partial charge in [0.1, 0.15) is 0 Å². The molecule has 0 saturated heterocycles. The molecule has 6 heteroatoms. The van der Waals surface area contributed by atoms with Gasteiger partial charge in [0.05, 0.1) is 25.4 Å². The van der Waals surface area contributed by atoms with Gasteiger partial charge in [-0.2, -0.15) is 0 Å². The number of allylic oxidation sites excluding steroid dienone is 6. The highest BCUT2D eigenvalue weighted by Gasteiger charge is 2.20. The van der Waals surface area contributed by atoms with Gasteiger partial charge in [-0.1, -0.05) is 243 Å². The molecule has 0 aliphatic heterocycles. The molecule has 0 heterocycles. The Morgan fingerprint density at radius 3 is 1.18 bits per heavy atom. The molecule has 0 bridgehead atoms. The van der Waals surface area contributed by atoms with Gasteiger partial charge in [-0.15, -0.1) is 0 Å². The Hall–Kier alpha value is -1.92. The van der Waals surface area contributed by atoms with E-state index in [1.54, 1.807) is 0 Å². The van der Waals surface area contributed by atoms with Crippen LogP contribution < -0.4 is 5.32 Å². The summed E-state index contributed by atoms with van der Waals surface area (Å²) < 4.78 is 5.44. The fourth-order valence-corrected chi connectivity index (χ4v) is 8.90. The van der Waals surface area contributed by atoms with Crippen LogP contribution >= 0.6 is 0 Å². The highest BCUT2D eigenvalue weighted by atomic mass is 16.5. The smallest absolute Gasteiger partial charge is 0.305 e. The van der Waals surface area contributed by atoms with Crippen molar-refractivity contribution in [2.24, 2.45) is 0 Å². The fraction of sp³-hybridized carbons (Fsp3) is 0.867. The van der Waals surface area contributed by atoms with Crippen molar-refractivity contribution >= 4 is 11.9 Å². The highest BCUT2D eigenvalue weighted by Crippen LogP contribution is 2.17. The summed E-state index contributed by atoms with van der Waals surface area (Å²) in [5.41, 5.74) is 0. The summed E-state index contributed by atoms with van der Waals surface area (Å²) in [4.78, 5) is 24.5. The third-order valence-electron chi connectivity index (χ3n) is 13.4. The molecular formula is C60H113NO5. The number of rotatable bonds is 54. The maximum atomic E-state index is 12.5. The first-order valence-electron chi connectivity index (χ1n) is 29.2. The van der Waals surface area contributed by atoms with Crippen molar-refractivity contribution < 1.29 is 24.5 Å². The second kappa shape index (κ2) is 55.7. The van der Waals surface area contributed by atoms with Gasteiger partial charge in [-0.05, 0) is 89.9 Å². The predicted molar refractivity (Wildman–Crippen MR) is 287 cm³/mol. The minimum absolute atomic E-state index is 0.0246. The average molecular weight is 929 g/mol. The summed E-state index contributed by atoms with van der Waals surface area (Å²) in [5, 5.41) is 23.3. The van der Waals surface area contributed by atoms with E-state index >= 15 is 0 Å². The van der Waals surface area contributed by atoms with Gasteiger partial charge in [0.15, 0.2) is 0 Å². The van der Waals surface area contributed by atoms with Crippen LogP contribution in [0.5, 0.6) is 0 Å². The van der Waals surface area contributed by atoms with E-state index in [2.05, 4.69) is 55.6 Å². The summed E-state index contributed by atoms with van der Waals surface area (Å²) in [6.45, 7) is 4.90. The molecule has 0 aromatic carbocycles. The molecule has 0 aliphatic rings. The Labute approximate surface area is 411 Å². The van der Waals surface area contributed by atoms with Gasteiger partial charge in [-0.3, -0.25) is 9.59 Å². The number of aliphatic hydroxyl groups excluding tert-OH is 2. The lowest BCUT2D eigenvalue weighted by Gasteiger charge is -2.22. The van der Waals surface area contributed by atoms with E-state index in [1.165, 1.54) is 193 Å². The SMILES string of the molecule is CCCCCC/C=C\CCCCCCCC(=O)OCCCCC/C=C\C/C=C\CCCCCCCCCC(=O)NC(CO)C(O)CCCCCCCCCCCCCCCCCCCCC. The molecule has 0 spiro atoms. The van der Waals surface area contributed by atoms with E-state index < -0.39 is 12.1 Å². The number of unbranched alkanes of at least 4 members (excludes halogenated alkanes) is 37. The third-order valence-corrected chi connectivity index (χ3v) is 13.4.